The average Bonchev–Trinajstić information content (AvgIpc) is 2.46. The van der Waals surface area contributed by atoms with Crippen molar-refractivity contribution >= 4 is 28.9 Å². The largest absolute Gasteiger partial charge is 0.362 e. The van der Waals surface area contributed by atoms with Gasteiger partial charge in [-0.3, -0.25) is 0 Å². The van der Waals surface area contributed by atoms with E-state index >= 15 is 0 Å². The molecule has 0 fully saturated rings. The lowest BCUT2D eigenvalue weighted by molar-refractivity contribution is 0.0596. The Kier molecular flexibility index (Phi) is 4.10. The molecular weight excluding hydrogens is 268 g/mol. The van der Waals surface area contributed by atoms with Gasteiger partial charge in [0, 0.05) is 5.02 Å². The fourth-order valence-electron chi connectivity index (χ4n) is 1.34. The van der Waals surface area contributed by atoms with Crippen LogP contribution < -0.4 is 5.48 Å². The first-order valence-electron chi connectivity index (χ1n) is 5.35. The summed E-state index contributed by atoms with van der Waals surface area (Å²) in [5, 5.41) is 3.31. The van der Waals surface area contributed by atoms with Gasteiger partial charge in [-0.1, -0.05) is 11.6 Å². The van der Waals surface area contributed by atoms with Gasteiger partial charge in [-0.25, -0.2) is 10.3 Å². The highest BCUT2D eigenvalue weighted by Gasteiger charge is 2.07. The van der Waals surface area contributed by atoms with Crippen molar-refractivity contribution in [2.75, 3.05) is 5.48 Å². The van der Waals surface area contributed by atoms with Crippen LogP contribution in [-0.2, 0) is 4.84 Å². The van der Waals surface area contributed by atoms with Crippen molar-refractivity contribution in [2.24, 2.45) is 5.18 Å². The highest BCUT2D eigenvalue weighted by molar-refractivity contribution is 6.30. The summed E-state index contributed by atoms with van der Waals surface area (Å²) in [5.41, 5.74) is 3.70. The molecule has 0 aliphatic rings. The van der Waals surface area contributed by atoms with Gasteiger partial charge in [-0.2, -0.15) is 0 Å². The monoisotopic (exact) mass is 276 g/mol. The molecule has 5 nitrogen and oxygen atoms in total. The van der Waals surface area contributed by atoms with E-state index in [2.05, 4.69) is 10.7 Å². The van der Waals surface area contributed by atoms with Gasteiger partial charge in [-0.15, -0.1) is 4.91 Å². The minimum Gasteiger partial charge on any atom is -0.338 e. The Bertz CT molecular complexity index is 582. The molecule has 0 saturated carbocycles. The highest BCUT2D eigenvalue weighted by Crippen LogP contribution is 2.16. The molecule has 96 valence electrons. The smallest absolute Gasteiger partial charge is 0.338 e. The molecule has 0 heterocycles. The van der Waals surface area contributed by atoms with E-state index in [1.54, 1.807) is 36.4 Å². The molecule has 0 unspecified atom stereocenters. The molecule has 0 aliphatic carbocycles. The molecular formula is C13H9ClN2O3. The summed E-state index contributed by atoms with van der Waals surface area (Å²) in [6.07, 6.45) is 0. The Hall–Kier alpha value is -2.40. The zero-order chi connectivity index (χ0) is 13.7. The Morgan fingerprint density at radius 3 is 2.26 bits per heavy atom. The summed E-state index contributed by atoms with van der Waals surface area (Å²) in [4.78, 5) is 26.8. The number of nitrogens with one attached hydrogen (secondary N) is 1. The van der Waals surface area contributed by atoms with Crippen molar-refractivity contribution in [2.45, 2.75) is 0 Å². The van der Waals surface area contributed by atoms with E-state index in [4.69, 9.17) is 16.4 Å². The third-order valence-corrected chi connectivity index (χ3v) is 2.57. The number of rotatable bonds is 4. The van der Waals surface area contributed by atoms with E-state index in [0.717, 1.165) is 0 Å². The minimum atomic E-state index is -0.533. The van der Waals surface area contributed by atoms with E-state index in [0.29, 0.717) is 22.0 Å². The van der Waals surface area contributed by atoms with E-state index in [-0.39, 0.29) is 0 Å². The number of hydrogen-bond donors (Lipinski definition) is 1. The molecule has 2 aromatic carbocycles. The molecule has 0 amide bonds. The van der Waals surface area contributed by atoms with E-state index < -0.39 is 5.97 Å². The van der Waals surface area contributed by atoms with Gasteiger partial charge in [0.15, 0.2) is 0 Å². The molecule has 0 saturated heterocycles. The van der Waals surface area contributed by atoms with Crippen molar-refractivity contribution in [1.29, 1.82) is 0 Å². The average molecular weight is 277 g/mol. The van der Waals surface area contributed by atoms with Crippen molar-refractivity contribution in [1.82, 2.24) is 0 Å². The van der Waals surface area contributed by atoms with Crippen molar-refractivity contribution in [3.63, 3.8) is 0 Å². The maximum absolute atomic E-state index is 11.7. The van der Waals surface area contributed by atoms with Gasteiger partial charge in [0.1, 0.15) is 5.69 Å². The van der Waals surface area contributed by atoms with E-state index in [1.165, 1.54) is 12.1 Å². The maximum atomic E-state index is 11.7. The molecule has 0 bridgehead atoms. The SMILES string of the molecule is O=Nc1ccc(NOC(=O)c2ccc(Cl)cc2)cc1. The number of carbonyl (C=O) groups excluding carboxylic acids is 1. The number of nitroso groups, excluding NO2 is 1. The van der Waals surface area contributed by atoms with Crippen LogP contribution in [0.4, 0.5) is 11.4 Å². The van der Waals surface area contributed by atoms with Crippen LogP contribution in [-0.4, -0.2) is 5.97 Å². The summed E-state index contributed by atoms with van der Waals surface area (Å²) < 4.78 is 0. The molecule has 0 radical (unpaired) electrons. The number of halogens is 1. The van der Waals surface area contributed by atoms with Crippen molar-refractivity contribution in [3.05, 3.63) is 64.0 Å². The molecule has 0 spiro atoms. The Morgan fingerprint density at radius 2 is 1.68 bits per heavy atom. The predicted molar refractivity (Wildman–Crippen MR) is 72.4 cm³/mol. The predicted octanol–water partition coefficient (Wildman–Crippen LogP) is 3.92. The molecule has 19 heavy (non-hydrogen) atoms. The van der Waals surface area contributed by atoms with Crippen LogP contribution >= 0.6 is 11.6 Å². The topological polar surface area (TPSA) is 67.8 Å². The second-order valence-electron chi connectivity index (χ2n) is 3.64. The third-order valence-electron chi connectivity index (χ3n) is 2.31. The number of nitrogens with zero attached hydrogens (tertiary/aromatic N) is 1. The highest BCUT2D eigenvalue weighted by atomic mass is 35.5. The fourth-order valence-corrected chi connectivity index (χ4v) is 1.47. The lowest BCUT2D eigenvalue weighted by Crippen LogP contribution is -2.10. The van der Waals surface area contributed by atoms with Crippen LogP contribution in [0.25, 0.3) is 0 Å². The van der Waals surface area contributed by atoms with Gasteiger partial charge < -0.3 is 4.84 Å². The Balaban J connectivity index is 1.96. The first kappa shape index (κ1) is 13.0. The first-order chi connectivity index (χ1) is 9.19. The van der Waals surface area contributed by atoms with Gasteiger partial charge in [-0.05, 0) is 53.7 Å². The zero-order valence-electron chi connectivity index (χ0n) is 9.67. The van der Waals surface area contributed by atoms with Gasteiger partial charge in [0.25, 0.3) is 0 Å². The molecule has 6 heteroatoms. The van der Waals surface area contributed by atoms with Gasteiger partial charge in [0.05, 0.1) is 11.3 Å². The molecule has 0 atom stereocenters. The third kappa shape index (κ3) is 3.53. The van der Waals surface area contributed by atoms with Crippen LogP contribution in [0, 0.1) is 4.91 Å². The normalized spacial score (nSPS) is 9.74. The molecule has 2 aromatic rings. The lowest BCUT2D eigenvalue weighted by Gasteiger charge is -2.06. The van der Waals surface area contributed by atoms with Gasteiger partial charge >= 0.3 is 5.97 Å². The number of benzene rings is 2. The minimum absolute atomic E-state index is 0.301. The standard InChI is InChI=1S/C13H9ClN2O3/c14-10-3-1-9(2-4-10)13(17)19-16-12-7-5-11(15-18)6-8-12/h1-8,16H. The lowest BCUT2D eigenvalue weighted by atomic mass is 10.2. The molecule has 1 N–H and O–H groups in total. The van der Waals surface area contributed by atoms with E-state index in [1.807, 2.05) is 0 Å². The van der Waals surface area contributed by atoms with Crippen LogP contribution in [0.15, 0.2) is 53.7 Å². The Labute approximate surface area is 114 Å². The summed E-state index contributed by atoms with van der Waals surface area (Å²) in [5.74, 6) is -0.533. The quantitative estimate of drug-likeness (QED) is 0.679. The van der Waals surface area contributed by atoms with Crippen LogP contribution in [0.1, 0.15) is 10.4 Å². The van der Waals surface area contributed by atoms with Crippen molar-refractivity contribution in [3.8, 4) is 0 Å². The van der Waals surface area contributed by atoms with Crippen molar-refractivity contribution < 1.29 is 9.63 Å². The summed E-state index contributed by atoms with van der Waals surface area (Å²) >= 11 is 5.72. The first-order valence-corrected chi connectivity index (χ1v) is 5.73. The zero-order valence-corrected chi connectivity index (χ0v) is 10.4. The van der Waals surface area contributed by atoms with Gasteiger partial charge in [0.2, 0.25) is 0 Å². The van der Waals surface area contributed by atoms with E-state index in [9.17, 15) is 9.70 Å². The van der Waals surface area contributed by atoms with Crippen LogP contribution in [0.3, 0.4) is 0 Å². The number of carbonyl (C=O) groups is 1. The molecule has 0 aliphatic heterocycles. The Morgan fingerprint density at radius 1 is 1.05 bits per heavy atom. The fraction of sp³-hybridized carbons (Fsp3) is 0. The van der Waals surface area contributed by atoms with Crippen LogP contribution in [0.2, 0.25) is 5.02 Å². The summed E-state index contributed by atoms with van der Waals surface area (Å²) in [6, 6.07) is 12.5. The molecule has 2 rings (SSSR count). The number of anilines is 1. The summed E-state index contributed by atoms with van der Waals surface area (Å²) in [7, 11) is 0. The number of hydrogen-bond acceptors (Lipinski definition) is 5. The maximum Gasteiger partial charge on any atom is 0.362 e. The molecule has 0 aromatic heterocycles. The van der Waals surface area contributed by atoms with Crippen LogP contribution in [0.5, 0.6) is 0 Å². The second kappa shape index (κ2) is 5.97. The summed E-state index contributed by atoms with van der Waals surface area (Å²) in [6.45, 7) is 0. The second-order valence-corrected chi connectivity index (χ2v) is 4.07.